The molecule has 1 atom stereocenters. The lowest BCUT2D eigenvalue weighted by atomic mass is 9.99. The molecule has 0 aromatic heterocycles. The van der Waals surface area contributed by atoms with Gasteiger partial charge in [0.05, 0.1) is 17.9 Å². The van der Waals surface area contributed by atoms with Gasteiger partial charge in [-0.1, -0.05) is 23.2 Å². The number of halogens is 2. The van der Waals surface area contributed by atoms with E-state index < -0.39 is 15.9 Å². The molecule has 6 nitrogen and oxygen atoms in total. The molecule has 0 spiro atoms. The highest BCUT2D eigenvalue weighted by Crippen LogP contribution is 2.28. The number of hydrogen-bond acceptors (Lipinski definition) is 4. The normalized spacial score (nSPS) is 17.7. The second-order valence-corrected chi connectivity index (χ2v) is 9.79. The van der Waals surface area contributed by atoms with Crippen LogP contribution in [0.3, 0.4) is 0 Å². The zero-order valence-corrected chi connectivity index (χ0v) is 18.4. The number of nitrogens with one attached hydrogen (secondary N) is 1. The first-order valence-corrected chi connectivity index (χ1v) is 11.3. The van der Waals surface area contributed by atoms with Crippen molar-refractivity contribution in [3.05, 3.63) is 52.0 Å². The van der Waals surface area contributed by atoms with Gasteiger partial charge in [0.1, 0.15) is 5.75 Å². The number of anilines is 1. The van der Waals surface area contributed by atoms with E-state index in [4.69, 9.17) is 27.9 Å². The second kappa shape index (κ2) is 8.92. The van der Waals surface area contributed by atoms with Gasteiger partial charge in [-0.25, -0.2) is 8.42 Å². The minimum absolute atomic E-state index is 0.119. The van der Waals surface area contributed by atoms with Gasteiger partial charge in [0, 0.05) is 28.8 Å². The molecule has 2 aromatic rings. The van der Waals surface area contributed by atoms with Gasteiger partial charge in [-0.05, 0) is 61.7 Å². The van der Waals surface area contributed by atoms with Crippen molar-refractivity contribution in [1.29, 1.82) is 0 Å². The summed E-state index contributed by atoms with van der Waals surface area (Å²) in [5, 5.41) is 3.61. The number of rotatable bonds is 5. The average Bonchev–Trinajstić information content (AvgIpc) is 2.67. The number of aryl methyl sites for hydroxylation is 1. The van der Waals surface area contributed by atoms with Crippen LogP contribution < -0.4 is 10.1 Å². The monoisotopic (exact) mass is 456 g/mol. The summed E-state index contributed by atoms with van der Waals surface area (Å²) in [6.45, 7) is 2.29. The Bertz CT molecular complexity index is 1010. The molecule has 0 aliphatic carbocycles. The topological polar surface area (TPSA) is 75.7 Å². The number of benzene rings is 2. The van der Waals surface area contributed by atoms with Crippen molar-refractivity contribution in [3.63, 3.8) is 0 Å². The van der Waals surface area contributed by atoms with Crippen molar-refractivity contribution < 1.29 is 17.9 Å². The predicted molar refractivity (Wildman–Crippen MR) is 114 cm³/mol. The average molecular weight is 457 g/mol. The highest BCUT2D eigenvalue weighted by molar-refractivity contribution is 7.89. The number of nitrogens with zero attached hydrogens (tertiary/aromatic N) is 1. The third kappa shape index (κ3) is 5.04. The molecule has 3 rings (SSSR count). The molecule has 1 aliphatic heterocycles. The Morgan fingerprint density at radius 1 is 1.17 bits per heavy atom. The number of amides is 1. The summed E-state index contributed by atoms with van der Waals surface area (Å²) in [7, 11) is -2.17. The molecule has 0 unspecified atom stereocenters. The Kier molecular flexibility index (Phi) is 6.73. The van der Waals surface area contributed by atoms with Crippen LogP contribution in [0.2, 0.25) is 10.0 Å². The van der Waals surface area contributed by atoms with Crippen LogP contribution in [-0.4, -0.2) is 38.8 Å². The fourth-order valence-electron chi connectivity index (χ4n) is 3.41. The molecule has 1 saturated heterocycles. The quantitative estimate of drug-likeness (QED) is 0.725. The van der Waals surface area contributed by atoms with Crippen LogP contribution in [-0.2, 0) is 14.8 Å². The molecule has 1 N–H and O–H groups in total. The van der Waals surface area contributed by atoms with E-state index in [1.165, 1.54) is 17.5 Å². The SMILES string of the molecule is COc1ccc(S(=O)(=O)N2CCC[C@H](C(=O)Nc3cc(Cl)cc(Cl)c3)C2)cc1C. The molecule has 0 radical (unpaired) electrons. The van der Waals surface area contributed by atoms with Crippen LogP contribution in [0.1, 0.15) is 18.4 Å². The summed E-state index contributed by atoms with van der Waals surface area (Å²) in [5.74, 6) is -0.0928. The van der Waals surface area contributed by atoms with E-state index in [0.29, 0.717) is 40.9 Å². The van der Waals surface area contributed by atoms with Crippen LogP contribution in [0.25, 0.3) is 0 Å². The van der Waals surface area contributed by atoms with Crippen LogP contribution in [0.4, 0.5) is 5.69 Å². The minimum atomic E-state index is -3.71. The maximum atomic E-state index is 13.1. The largest absolute Gasteiger partial charge is 0.496 e. The van der Waals surface area contributed by atoms with Gasteiger partial charge in [0.2, 0.25) is 15.9 Å². The maximum absolute atomic E-state index is 13.1. The van der Waals surface area contributed by atoms with Gasteiger partial charge in [0.25, 0.3) is 0 Å². The fourth-order valence-corrected chi connectivity index (χ4v) is 5.54. The summed E-state index contributed by atoms with van der Waals surface area (Å²) in [6, 6.07) is 9.53. The zero-order valence-electron chi connectivity index (χ0n) is 16.1. The van der Waals surface area contributed by atoms with E-state index in [0.717, 1.165) is 5.56 Å². The number of carbonyl (C=O) groups is 1. The smallest absolute Gasteiger partial charge is 0.243 e. The summed E-state index contributed by atoms with van der Waals surface area (Å²) in [5.41, 5.74) is 1.22. The molecule has 1 amide bonds. The molecule has 2 aromatic carbocycles. The molecule has 156 valence electrons. The molecule has 0 saturated carbocycles. The molecule has 29 heavy (non-hydrogen) atoms. The van der Waals surface area contributed by atoms with Gasteiger partial charge in [-0.2, -0.15) is 4.31 Å². The molecule has 1 aliphatic rings. The van der Waals surface area contributed by atoms with Crippen molar-refractivity contribution in [2.75, 3.05) is 25.5 Å². The number of hydrogen-bond donors (Lipinski definition) is 1. The second-order valence-electron chi connectivity index (χ2n) is 6.98. The Labute approximate surface area is 180 Å². The molecular formula is C20H22Cl2N2O4S. The van der Waals surface area contributed by atoms with Crippen LogP contribution >= 0.6 is 23.2 Å². The standard InChI is InChI=1S/C20H22Cl2N2O4S/c1-13-8-18(5-6-19(13)28-2)29(26,27)24-7-3-4-14(12-24)20(25)23-17-10-15(21)9-16(22)11-17/h5-6,8-11,14H,3-4,7,12H2,1-2H3,(H,23,25)/t14-/m0/s1. The summed E-state index contributed by atoms with van der Waals surface area (Å²) < 4.78 is 32.7. The Hall–Kier alpha value is -1.80. The summed E-state index contributed by atoms with van der Waals surface area (Å²) in [6.07, 6.45) is 1.20. The highest BCUT2D eigenvalue weighted by Gasteiger charge is 2.33. The molecule has 1 fully saturated rings. The number of ether oxygens (including phenoxy) is 1. The van der Waals surface area contributed by atoms with E-state index in [1.54, 1.807) is 37.3 Å². The van der Waals surface area contributed by atoms with Gasteiger partial charge in [0.15, 0.2) is 0 Å². The highest BCUT2D eigenvalue weighted by atomic mass is 35.5. The molecular weight excluding hydrogens is 435 g/mol. The van der Waals surface area contributed by atoms with Crippen molar-refractivity contribution in [1.82, 2.24) is 4.31 Å². The van der Waals surface area contributed by atoms with Crippen molar-refractivity contribution in [3.8, 4) is 5.75 Å². The molecule has 1 heterocycles. The molecule has 0 bridgehead atoms. The Morgan fingerprint density at radius 2 is 1.86 bits per heavy atom. The van der Waals surface area contributed by atoms with Crippen LogP contribution in [0.5, 0.6) is 5.75 Å². The Morgan fingerprint density at radius 3 is 2.48 bits per heavy atom. The van der Waals surface area contributed by atoms with Crippen LogP contribution in [0, 0.1) is 12.8 Å². The van der Waals surface area contributed by atoms with Crippen molar-refractivity contribution in [2.45, 2.75) is 24.7 Å². The third-order valence-corrected chi connectivity index (χ3v) is 7.19. The van der Waals surface area contributed by atoms with E-state index in [-0.39, 0.29) is 17.3 Å². The van der Waals surface area contributed by atoms with Crippen molar-refractivity contribution in [2.24, 2.45) is 5.92 Å². The summed E-state index contributed by atoms with van der Waals surface area (Å²) >= 11 is 11.9. The maximum Gasteiger partial charge on any atom is 0.243 e. The lowest BCUT2D eigenvalue weighted by Crippen LogP contribution is -2.43. The van der Waals surface area contributed by atoms with E-state index in [2.05, 4.69) is 5.32 Å². The van der Waals surface area contributed by atoms with Gasteiger partial charge < -0.3 is 10.1 Å². The van der Waals surface area contributed by atoms with E-state index in [9.17, 15) is 13.2 Å². The third-order valence-electron chi connectivity index (χ3n) is 4.89. The van der Waals surface area contributed by atoms with Crippen LogP contribution in [0.15, 0.2) is 41.3 Å². The number of methoxy groups -OCH3 is 1. The predicted octanol–water partition coefficient (Wildman–Crippen LogP) is 4.35. The van der Waals surface area contributed by atoms with E-state index in [1.807, 2.05) is 0 Å². The van der Waals surface area contributed by atoms with Gasteiger partial charge in [-0.15, -0.1) is 0 Å². The first-order chi connectivity index (χ1) is 13.7. The van der Waals surface area contributed by atoms with E-state index >= 15 is 0 Å². The lowest BCUT2D eigenvalue weighted by molar-refractivity contribution is -0.120. The fraction of sp³-hybridized carbons (Fsp3) is 0.350. The summed E-state index contributed by atoms with van der Waals surface area (Å²) in [4.78, 5) is 12.9. The first-order valence-electron chi connectivity index (χ1n) is 9.12. The van der Waals surface area contributed by atoms with Gasteiger partial charge in [-0.3, -0.25) is 4.79 Å². The number of piperidine rings is 1. The van der Waals surface area contributed by atoms with Gasteiger partial charge >= 0.3 is 0 Å². The molecule has 9 heteroatoms. The minimum Gasteiger partial charge on any atom is -0.496 e. The Balaban J connectivity index is 1.75. The zero-order chi connectivity index (χ0) is 21.2. The van der Waals surface area contributed by atoms with Crippen molar-refractivity contribution >= 4 is 44.8 Å². The first kappa shape index (κ1) is 21.9. The number of sulfonamides is 1. The lowest BCUT2D eigenvalue weighted by Gasteiger charge is -2.31. The number of carbonyl (C=O) groups excluding carboxylic acids is 1.